The Morgan fingerprint density at radius 1 is 1.32 bits per heavy atom. The van der Waals surface area contributed by atoms with Crippen LogP contribution in [-0.2, 0) is 11.2 Å². The van der Waals surface area contributed by atoms with E-state index >= 15 is 0 Å². The molecule has 1 atom stereocenters. The number of piperidine rings is 1. The van der Waals surface area contributed by atoms with E-state index < -0.39 is 0 Å². The molecule has 4 heteroatoms. The topological polar surface area (TPSA) is 55.6 Å². The molecule has 1 aromatic carbocycles. The predicted molar refractivity (Wildman–Crippen MR) is 88.9 cm³/mol. The van der Waals surface area contributed by atoms with E-state index in [1.807, 2.05) is 13.8 Å². The number of benzene rings is 1. The van der Waals surface area contributed by atoms with Crippen molar-refractivity contribution >= 4 is 5.91 Å². The molecule has 1 aliphatic heterocycles. The summed E-state index contributed by atoms with van der Waals surface area (Å²) in [5, 5.41) is 0. The monoisotopic (exact) mass is 304 g/mol. The van der Waals surface area contributed by atoms with Gasteiger partial charge in [0.15, 0.2) is 0 Å². The van der Waals surface area contributed by atoms with E-state index in [0.29, 0.717) is 6.61 Å². The molecule has 0 aromatic heterocycles. The Labute approximate surface area is 133 Å². The summed E-state index contributed by atoms with van der Waals surface area (Å²) in [6.07, 6.45) is 4.65. The van der Waals surface area contributed by atoms with E-state index in [2.05, 4.69) is 29.2 Å². The third-order valence-electron chi connectivity index (χ3n) is 4.68. The van der Waals surface area contributed by atoms with Gasteiger partial charge in [-0.15, -0.1) is 0 Å². The molecule has 122 valence electrons. The maximum atomic E-state index is 11.2. The zero-order valence-electron chi connectivity index (χ0n) is 13.8. The molecule has 0 unspecified atom stereocenters. The van der Waals surface area contributed by atoms with E-state index in [9.17, 15) is 4.79 Å². The molecule has 2 N–H and O–H groups in total. The molecule has 0 spiro atoms. The van der Waals surface area contributed by atoms with Crippen LogP contribution in [0.3, 0.4) is 0 Å². The van der Waals surface area contributed by atoms with Crippen LogP contribution in [0.1, 0.15) is 38.7 Å². The van der Waals surface area contributed by atoms with Crippen LogP contribution in [0.5, 0.6) is 5.75 Å². The third kappa shape index (κ3) is 4.73. The first kappa shape index (κ1) is 16.8. The second kappa shape index (κ2) is 8.18. The van der Waals surface area contributed by atoms with Crippen molar-refractivity contribution in [1.29, 1.82) is 0 Å². The summed E-state index contributed by atoms with van der Waals surface area (Å²) in [7, 11) is 0. The lowest BCUT2D eigenvalue weighted by molar-refractivity contribution is -0.123. The maximum absolute atomic E-state index is 11.2. The minimum Gasteiger partial charge on any atom is -0.494 e. The lowest BCUT2D eigenvalue weighted by atomic mass is 9.90. The number of hydrogen-bond acceptors (Lipinski definition) is 3. The number of nitrogens with zero attached hydrogens (tertiary/aromatic N) is 1. The number of likely N-dealkylation sites (tertiary alicyclic amines) is 1. The molecule has 4 nitrogen and oxygen atoms in total. The normalized spacial score (nSPS) is 18.1. The van der Waals surface area contributed by atoms with Crippen LogP contribution in [0.2, 0.25) is 0 Å². The minimum atomic E-state index is -0.215. The number of aryl methyl sites for hydroxylation is 1. The zero-order valence-corrected chi connectivity index (χ0v) is 13.8. The number of rotatable bonds is 7. The van der Waals surface area contributed by atoms with Crippen molar-refractivity contribution in [2.45, 2.75) is 45.6 Å². The first-order valence-electron chi connectivity index (χ1n) is 8.35. The van der Waals surface area contributed by atoms with Crippen molar-refractivity contribution in [1.82, 2.24) is 4.90 Å². The third-order valence-corrected chi connectivity index (χ3v) is 4.68. The molecule has 1 fully saturated rings. The van der Waals surface area contributed by atoms with E-state index in [1.165, 1.54) is 12.0 Å². The first-order chi connectivity index (χ1) is 10.6. The largest absolute Gasteiger partial charge is 0.494 e. The van der Waals surface area contributed by atoms with Crippen molar-refractivity contribution in [2.75, 3.05) is 19.7 Å². The van der Waals surface area contributed by atoms with Crippen LogP contribution in [-0.4, -0.2) is 36.5 Å². The van der Waals surface area contributed by atoms with Gasteiger partial charge in [0.2, 0.25) is 5.91 Å². The van der Waals surface area contributed by atoms with Crippen molar-refractivity contribution in [2.24, 2.45) is 11.7 Å². The Morgan fingerprint density at radius 3 is 2.50 bits per heavy atom. The molecular weight excluding hydrogens is 276 g/mol. The molecule has 1 aliphatic rings. The molecule has 1 saturated heterocycles. The highest BCUT2D eigenvalue weighted by molar-refractivity contribution is 5.79. The molecule has 1 heterocycles. The molecule has 22 heavy (non-hydrogen) atoms. The molecule has 0 aliphatic carbocycles. The Hall–Kier alpha value is -1.55. The van der Waals surface area contributed by atoms with Gasteiger partial charge in [-0.05, 0) is 76.2 Å². The van der Waals surface area contributed by atoms with Gasteiger partial charge in [-0.2, -0.15) is 0 Å². The van der Waals surface area contributed by atoms with E-state index in [0.717, 1.165) is 44.0 Å². The van der Waals surface area contributed by atoms with Gasteiger partial charge >= 0.3 is 0 Å². The van der Waals surface area contributed by atoms with Crippen LogP contribution in [0.15, 0.2) is 24.3 Å². The van der Waals surface area contributed by atoms with Crippen LogP contribution < -0.4 is 10.5 Å². The Kier molecular flexibility index (Phi) is 6.25. The summed E-state index contributed by atoms with van der Waals surface area (Å²) in [6.45, 7) is 6.58. The molecule has 1 aromatic rings. The van der Waals surface area contributed by atoms with Gasteiger partial charge in [0.05, 0.1) is 12.6 Å². The Morgan fingerprint density at radius 2 is 1.95 bits per heavy atom. The Balaban J connectivity index is 1.73. The molecule has 0 radical (unpaired) electrons. The lowest BCUT2D eigenvalue weighted by Crippen LogP contribution is -2.46. The Bertz CT molecular complexity index is 464. The average molecular weight is 304 g/mol. The average Bonchev–Trinajstić information content (AvgIpc) is 2.54. The second-order valence-corrected chi connectivity index (χ2v) is 6.17. The van der Waals surface area contributed by atoms with E-state index in [4.69, 9.17) is 10.5 Å². The van der Waals surface area contributed by atoms with Gasteiger partial charge in [-0.25, -0.2) is 0 Å². The SMILES string of the molecule is CCOc1ccc(CCC2CCN([C@@H](C)C(N)=O)CC2)cc1. The van der Waals surface area contributed by atoms with Gasteiger partial charge in [-0.3, -0.25) is 9.69 Å². The van der Waals surface area contributed by atoms with Crippen LogP contribution in [0.25, 0.3) is 0 Å². The summed E-state index contributed by atoms with van der Waals surface area (Å²) in [6, 6.07) is 8.29. The highest BCUT2D eigenvalue weighted by Gasteiger charge is 2.24. The number of primary amides is 1. The predicted octanol–water partition coefficient (Wildman–Crippen LogP) is 2.60. The summed E-state index contributed by atoms with van der Waals surface area (Å²) in [5.74, 6) is 1.48. The minimum absolute atomic E-state index is 0.132. The van der Waals surface area contributed by atoms with Gasteiger partial charge in [0.25, 0.3) is 0 Å². The number of hydrogen-bond donors (Lipinski definition) is 1. The van der Waals surface area contributed by atoms with Crippen LogP contribution in [0.4, 0.5) is 0 Å². The van der Waals surface area contributed by atoms with E-state index in [-0.39, 0.29) is 11.9 Å². The highest BCUT2D eigenvalue weighted by Crippen LogP contribution is 2.24. The summed E-state index contributed by atoms with van der Waals surface area (Å²) in [4.78, 5) is 13.4. The van der Waals surface area contributed by atoms with E-state index in [1.54, 1.807) is 0 Å². The van der Waals surface area contributed by atoms with Crippen molar-refractivity contribution in [3.63, 3.8) is 0 Å². The van der Waals surface area contributed by atoms with Crippen molar-refractivity contribution in [3.05, 3.63) is 29.8 Å². The number of carbonyl (C=O) groups is 1. The fraction of sp³-hybridized carbons (Fsp3) is 0.611. The standard InChI is InChI=1S/C18H28N2O2/c1-3-22-17-8-6-15(7-9-17)4-5-16-10-12-20(13-11-16)14(2)18(19)21/h6-9,14,16H,3-5,10-13H2,1-2H3,(H2,19,21)/t14-/m0/s1. The molecule has 1 amide bonds. The maximum Gasteiger partial charge on any atom is 0.234 e. The highest BCUT2D eigenvalue weighted by atomic mass is 16.5. The smallest absolute Gasteiger partial charge is 0.234 e. The fourth-order valence-electron chi connectivity index (χ4n) is 3.10. The van der Waals surface area contributed by atoms with Crippen LogP contribution in [0, 0.1) is 5.92 Å². The first-order valence-corrected chi connectivity index (χ1v) is 8.35. The molecular formula is C18H28N2O2. The molecule has 0 saturated carbocycles. The zero-order chi connectivity index (χ0) is 15.9. The number of nitrogens with two attached hydrogens (primary N) is 1. The van der Waals surface area contributed by atoms with Crippen molar-refractivity contribution < 1.29 is 9.53 Å². The molecule has 2 rings (SSSR count). The van der Waals surface area contributed by atoms with Gasteiger partial charge in [0.1, 0.15) is 5.75 Å². The number of amides is 1. The summed E-state index contributed by atoms with van der Waals surface area (Å²) < 4.78 is 5.47. The summed E-state index contributed by atoms with van der Waals surface area (Å²) in [5.41, 5.74) is 6.75. The summed E-state index contributed by atoms with van der Waals surface area (Å²) >= 11 is 0. The fourth-order valence-corrected chi connectivity index (χ4v) is 3.10. The van der Waals surface area contributed by atoms with Gasteiger partial charge in [-0.1, -0.05) is 12.1 Å². The lowest BCUT2D eigenvalue weighted by Gasteiger charge is -2.34. The van der Waals surface area contributed by atoms with Gasteiger partial charge in [0, 0.05) is 0 Å². The van der Waals surface area contributed by atoms with Crippen molar-refractivity contribution in [3.8, 4) is 5.75 Å². The number of carbonyl (C=O) groups excluding carboxylic acids is 1. The van der Waals surface area contributed by atoms with Crippen LogP contribution >= 0.6 is 0 Å². The quantitative estimate of drug-likeness (QED) is 0.842. The second-order valence-electron chi connectivity index (χ2n) is 6.17. The molecule has 0 bridgehead atoms. The number of ether oxygens (including phenoxy) is 1. The van der Waals surface area contributed by atoms with Gasteiger partial charge < -0.3 is 10.5 Å².